The number of halogens is 2. The SMILES string of the molecule is CC1(C)CCCN1C(=O)CNC1CCC(CNC=O)CC1.Cc1cc(F)cc(Cl)c1. The minimum atomic E-state index is -0.278. The van der Waals surface area contributed by atoms with Crippen LogP contribution in [0.5, 0.6) is 0 Å². The molecule has 1 aliphatic heterocycles. The van der Waals surface area contributed by atoms with Crippen LogP contribution in [0.25, 0.3) is 0 Å². The number of carbonyl (C=O) groups is 2. The van der Waals surface area contributed by atoms with Gasteiger partial charge in [-0.25, -0.2) is 4.39 Å². The van der Waals surface area contributed by atoms with E-state index in [0.29, 0.717) is 23.5 Å². The Morgan fingerprint density at radius 2 is 1.97 bits per heavy atom. The van der Waals surface area contributed by atoms with Crippen LogP contribution in [0.1, 0.15) is 57.9 Å². The van der Waals surface area contributed by atoms with Crippen LogP contribution in [0.15, 0.2) is 18.2 Å². The topological polar surface area (TPSA) is 61.4 Å². The normalized spacial score (nSPS) is 22.8. The molecule has 0 atom stereocenters. The monoisotopic (exact) mass is 439 g/mol. The molecule has 0 unspecified atom stereocenters. The molecule has 1 aromatic carbocycles. The number of hydrogen-bond donors (Lipinski definition) is 2. The summed E-state index contributed by atoms with van der Waals surface area (Å²) in [4.78, 5) is 24.7. The fraction of sp³-hybridized carbons (Fsp3) is 0.652. The summed E-state index contributed by atoms with van der Waals surface area (Å²) in [5.41, 5.74) is 0.872. The molecule has 0 spiro atoms. The Bertz CT molecular complexity index is 655. The predicted molar refractivity (Wildman–Crippen MR) is 119 cm³/mol. The Labute approximate surface area is 184 Å². The molecule has 2 aliphatic rings. The molecule has 1 aliphatic carbocycles. The van der Waals surface area contributed by atoms with E-state index in [0.717, 1.165) is 63.6 Å². The van der Waals surface area contributed by atoms with Gasteiger partial charge in [0.1, 0.15) is 5.82 Å². The largest absolute Gasteiger partial charge is 0.358 e. The van der Waals surface area contributed by atoms with Crippen molar-refractivity contribution in [2.24, 2.45) is 5.92 Å². The first-order valence-corrected chi connectivity index (χ1v) is 11.2. The van der Waals surface area contributed by atoms with E-state index in [9.17, 15) is 14.0 Å². The van der Waals surface area contributed by atoms with Crippen molar-refractivity contribution < 1.29 is 14.0 Å². The smallest absolute Gasteiger partial charge is 0.236 e. The van der Waals surface area contributed by atoms with Gasteiger partial charge in [-0.1, -0.05) is 11.6 Å². The van der Waals surface area contributed by atoms with E-state index in [2.05, 4.69) is 24.5 Å². The van der Waals surface area contributed by atoms with Gasteiger partial charge < -0.3 is 15.5 Å². The maximum Gasteiger partial charge on any atom is 0.236 e. The Balaban J connectivity index is 0.000000297. The molecule has 2 N–H and O–H groups in total. The quantitative estimate of drug-likeness (QED) is 0.657. The van der Waals surface area contributed by atoms with Crippen LogP contribution in [0.4, 0.5) is 4.39 Å². The van der Waals surface area contributed by atoms with Crippen LogP contribution in [0, 0.1) is 18.7 Å². The van der Waals surface area contributed by atoms with Gasteiger partial charge in [-0.3, -0.25) is 9.59 Å². The summed E-state index contributed by atoms with van der Waals surface area (Å²) in [5, 5.41) is 6.65. The number of rotatable bonds is 6. The van der Waals surface area contributed by atoms with Gasteiger partial charge in [-0.15, -0.1) is 0 Å². The number of nitrogens with zero attached hydrogens (tertiary/aromatic N) is 1. The van der Waals surface area contributed by atoms with Crippen molar-refractivity contribution in [2.75, 3.05) is 19.6 Å². The minimum absolute atomic E-state index is 0.0247. The lowest BCUT2D eigenvalue weighted by molar-refractivity contribution is -0.133. The van der Waals surface area contributed by atoms with Crippen molar-refractivity contribution in [3.8, 4) is 0 Å². The molecule has 1 aromatic rings. The molecule has 5 nitrogen and oxygen atoms in total. The molecule has 30 heavy (non-hydrogen) atoms. The van der Waals surface area contributed by atoms with Gasteiger partial charge in [-0.2, -0.15) is 0 Å². The van der Waals surface area contributed by atoms with Gasteiger partial charge in [0, 0.05) is 29.7 Å². The van der Waals surface area contributed by atoms with E-state index in [-0.39, 0.29) is 17.3 Å². The van der Waals surface area contributed by atoms with Crippen molar-refractivity contribution in [3.05, 3.63) is 34.6 Å². The second-order valence-electron chi connectivity index (χ2n) is 9.03. The number of benzene rings is 1. The van der Waals surface area contributed by atoms with Gasteiger partial charge in [-0.05, 0) is 89.0 Å². The van der Waals surface area contributed by atoms with Crippen molar-refractivity contribution in [1.82, 2.24) is 15.5 Å². The zero-order valence-corrected chi connectivity index (χ0v) is 19.1. The number of hydrogen-bond acceptors (Lipinski definition) is 3. The first-order chi connectivity index (χ1) is 14.2. The Kier molecular flexibility index (Phi) is 9.56. The first-order valence-electron chi connectivity index (χ1n) is 10.8. The fourth-order valence-corrected chi connectivity index (χ4v) is 4.65. The molecule has 2 amide bonds. The van der Waals surface area contributed by atoms with Gasteiger partial charge in [0.15, 0.2) is 0 Å². The summed E-state index contributed by atoms with van der Waals surface area (Å²) in [6.07, 6.45) is 7.45. The van der Waals surface area contributed by atoms with Crippen molar-refractivity contribution in [3.63, 3.8) is 0 Å². The molecular formula is C23H35ClFN3O2. The van der Waals surface area contributed by atoms with Crippen LogP contribution in [-0.4, -0.2) is 48.4 Å². The lowest BCUT2D eigenvalue weighted by Gasteiger charge is -2.33. The summed E-state index contributed by atoms with van der Waals surface area (Å²) >= 11 is 5.51. The third-order valence-electron chi connectivity index (χ3n) is 6.09. The Hall–Kier alpha value is -1.66. The van der Waals surface area contributed by atoms with Gasteiger partial charge in [0.05, 0.1) is 6.54 Å². The molecule has 1 heterocycles. The highest BCUT2D eigenvalue weighted by atomic mass is 35.5. The maximum absolute atomic E-state index is 12.3. The molecule has 168 valence electrons. The lowest BCUT2D eigenvalue weighted by Crippen LogP contribution is -2.48. The van der Waals surface area contributed by atoms with Crippen molar-refractivity contribution >= 4 is 23.9 Å². The van der Waals surface area contributed by atoms with E-state index < -0.39 is 0 Å². The van der Waals surface area contributed by atoms with Gasteiger partial charge in [0.2, 0.25) is 12.3 Å². The standard InChI is InChI=1S/C16H29N3O2.C7H6ClF/c1-16(2)8-3-9-19(16)15(21)11-18-14-6-4-13(5-7-14)10-17-12-20;1-5-2-6(8)4-7(9)3-5/h12-14,18H,3-11H2,1-2H3,(H,17,20);2-4H,1H3. The zero-order valence-electron chi connectivity index (χ0n) is 18.3. The molecular weight excluding hydrogens is 405 g/mol. The van der Waals surface area contributed by atoms with Crippen molar-refractivity contribution in [2.45, 2.75) is 70.9 Å². The average Bonchev–Trinajstić information content (AvgIpc) is 3.04. The third-order valence-corrected chi connectivity index (χ3v) is 6.31. The molecule has 0 aromatic heterocycles. The van der Waals surface area contributed by atoms with Crippen molar-refractivity contribution in [1.29, 1.82) is 0 Å². The summed E-state index contributed by atoms with van der Waals surface area (Å²) in [5.74, 6) is 0.559. The van der Waals surface area contributed by atoms with Gasteiger partial charge >= 0.3 is 0 Å². The summed E-state index contributed by atoms with van der Waals surface area (Å²) in [6.45, 7) is 8.27. The molecule has 0 bridgehead atoms. The van der Waals surface area contributed by atoms with Crippen LogP contribution in [0.2, 0.25) is 5.02 Å². The number of carbonyl (C=O) groups excluding carboxylic acids is 2. The third kappa shape index (κ3) is 7.88. The number of aryl methyl sites for hydroxylation is 1. The molecule has 3 rings (SSSR count). The van der Waals surface area contributed by atoms with E-state index >= 15 is 0 Å². The summed E-state index contributed by atoms with van der Waals surface area (Å²) in [7, 11) is 0. The Morgan fingerprint density at radius 1 is 1.27 bits per heavy atom. The lowest BCUT2D eigenvalue weighted by atomic mass is 9.86. The van der Waals surface area contributed by atoms with Crippen LogP contribution >= 0.6 is 11.6 Å². The van der Waals surface area contributed by atoms with E-state index in [1.807, 2.05) is 4.90 Å². The van der Waals surface area contributed by atoms with E-state index in [4.69, 9.17) is 11.6 Å². The number of nitrogens with one attached hydrogen (secondary N) is 2. The highest BCUT2D eigenvalue weighted by Gasteiger charge is 2.35. The molecule has 0 radical (unpaired) electrons. The highest BCUT2D eigenvalue weighted by molar-refractivity contribution is 6.30. The van der Waals surface area contributed by atoms with Crippen LogP contribution in [0.3, 0.4) is 0 Å². The van der Waals surface area contributed by atoms with Gasteiger partial charge in [0.25, 0.3) is 0 Å². The summed E-state index contributed by atoms with van der Waals surface area (Å²) < 4.78 is 12.3. The average molecular weight is 440 g/mol. The van der Waals surface area contributed by atoms with E-state index in [1.54, 1.807) is 13.0 Å². The highest BCUT2D eigenvalue weighted by Crippen LogP contribution is 2.28. The van der Waals surface area contributed by atoms with Crippen LogP contribution in [-0.2, 0) is 9.59 Å². The predicted octanol–water partition coefficient (Wildman–Crippen LogP) is 4.07. The minimum Gasteiger partial charge on any atom is -0.358 e. The second-order valence-corrected chi connectivity index (χ2v) is 9.47. The second kappa shape index (κ2) is 11.7. The molecule has 2 fully saturated rings. The number of likely N-dealkylation sites (tertiary alicyclic amines) is 1. The zero-order chi connectivity index (χ0) is 22.1. The first kappa shape index (κ1) is 24.6. The molecule has 7 heteroatoms. The fourth-order valence-electron chi connectivity index (χ4n) is 4.37. The van der Waals surface area contributed by atoms with E-state index in [1.165, 1.54) is 12.1 Å². The summed E-state index contributed by atoms with van der Waals surface area (Å²) in [6, 6.07) is 4.89. The Morgan fingerprint density at radius 3 is 2.50 bits per heavy atom. The molecule has 1 saturated carbocycles. The number of amides is 2. The molecule has 1 saturated heterocycles. The maximum atomic E-state index is 12.3. The van der Waals surface area contributed by atoms with Crippen LogP contribution < -0.4 is 10.6 Å².